The number of hydrogen-bond acceptors (Lipinski definition) is 3. The molecule has 0 aliphatic carbocycles. The Kier molecular flexibility index (Phi) is 5.45. The van der Waals surface area contributed by atoms with E-state index in [4.69, 9.17) is 5.11 Å². The molecule has 1 rings (SSSR count). The van der Waals surface area contributed by atoms with Crippen LogP contribution in [-0.2, 0) is 6.54 Å². The van der Waals surface area contributed by atoms with Crippen molar-refractivity contribution in [1.82, 2.24) is 5.32 Å². The van der Waals surface area contributed by atoms with Gasteiger partial charge >= 0.3 is 0 Å². The number of aliphatic hydroxyl groups excluding tert-OH is 1. The molecule has 0 aromatic heterocycles. The van der Waals surface area contributed by atoms with Gasteiger partial charge in [-0.05, 0) is 49.4 Å². The fourth-order valence-electron chi connectivity index (χ4n) is 1.93. The highest BCUT2D eigenvalue weighted by molar-refractivity contribution is 5.42. The number of phenols is 1. The van der Waals surface area contributed by atoms with Crippen LogP contribution in [0.4, 0.5) is 0 Å². The number of aliphatic hydroxyl groups is 1. The normalized spacial score (nSPS) is 12.7. The van der Waals surface area contributed by atoms with E-state index in [0.717, 1.165) is 30.6 Å². The Balaban J connectivity index is 2.47. The van der Waals surface area contributed by atoms with Gasteiger partial charge in [0.25, 0.3) is 0 Å². The molecule has 0 heterocycles. The number of hydrogen-bond donors (Lipinski definition) is 3. The third-order valence-electron chi connectivity index (χ3n) is 2.99. The maximum absolute atomic E-state index is 9.67. The summed E-state index contributed by atoms with van der Waals surface area (Å²) in [5.74, 6) is 0.877. The van der Waals surface area contributed by atoms with E-state index in [1.807, 2.05) is 26.0 Å². The minimum Gasteiger partial charge on any atom is -0.507 e. The zero-order valence-electron chi connectivity index (χ0n) is 11.0. The van der Waals surface area contributed by atoms with E-state index < -0.39 is 0 Å². The zero-order chi connectivity index (χ0) is 12.8. The fraction of sp³-hybridized carbons (Fsp3) is 0.571. The number of rotatable bonds is 6. The highest BCUT2D eigenvalue weighted by Gasteiger charge is 2.04. The molecular formula is C14H23NO2. The van der Waals surface area contributed by atoms with Gasteiger partial charge in [0.2, 0.25) is 0 Å². The first-order chi connectivity index (χ1) is 8.04. The molecule has 1 aromatic rings. The SMILES string of the molecule is Cc1cc(CNCC(C)CCO)cc(C)c1O. The summed E-state index contributed by atoms with van der Waals surface area (Å²) < 4.78 is 0. The van der Waals surface area contributed by atoms with Crippen molar-refractivity contribution in [2.75, 3.05) is 13.2 Å². The van der Waals surface area contributed by atoms with Crippen LogP contribution >= 0.6 is 0 Å². The summed E-state index contributed by atoms with van der Waals surface area (Å²) in [7, 11) is 0. The lowest BCUT2D eigenvalue weighted by Crippen LogP contribution is -2.21. The zero-order valence-corrected chi connectivity index (χ0v) is 11.0. The van der Waals surface area contributed by atoms with Crippen LogP contribution in [0.2, 0.25) is 0 Å². The van der Waals surface area contributed by atoms with Crippen molar-refractivity contribution in [3.8, 4) is 5.75 Å². The topological polar surface area (TPSA) is 52.5 Å². The lowest BCUT2D eigenvalue weighted by Gasteiger charge is -2.12. The fourth-order valence-corrected chi connectivity index (χ4v) is 1.93. The Morgan fingerprint density at radius 3 is 2.35 bits per heavy atom. The summed E-state index contributed by atoms with van der Waals surface area (Å²) in [4.78, 5) is 0. The van der Waals surface area contributed by atoms with Gasteiger partial charge in [0.05, 0.1) is 0 Å². The Morgan fingerprint density at radius 2 is 1.82 bits per heavy atom. The Bertz CT molecular complexity index is 340. The number of aryl methyl sites for hydroxylation is 2. The van der Waals surface area contributed by atoms with Gasteiger partial charge in [-0.2, -0.15) is 0 Å². The van der Waals surface area contributed by atoms with Crippen molar-refractivity contribution in [2.24, 2.45) is 5.92 Å². The van der Waals surface area contributed by atoms with Gasteiger partial charge in [-0.1, -0.05) is 19.1 Å². The largest absolute Gasteiger partial charge is 0.507 e. The van der Waals surface area contributed by atoms with Crippen molar-refractivity contribution in [3.63, 3.8) is 0 Å². The van der Waals surface area contributed by atoms with Crippen LogP contribution in [-0.4, -0.2) is 23.4 Å². The molecule has 0 bridgehead atoms. The van der Waals surface area contributed by atoms with E-state index >= 15 is 0 Å². The molecule has 0 saturated heterocycles. The van der Waals surface area contributed by atoms with Crippen molar-refractivity contribution in [3.05, 3.63) is 28.8 Å². The molecular weight excluding hydrogens is 214 g/mol. The van der Waals surface area contributed by atoms with E-state index in [1.165, 1.54) is 5.56 Å². The molecule has 0 fully saturated rings. The molecule has 3 heteroatoms. The van der Waals surface area contributed by atoms with Gasteiger partial charge in [-0.25, -0.2) is 0 Å². The minimum atomic E-state index is 0.250. The predicted molar refractivity (Wildman–Crippen MR) is 70.2 cm³/mol. The second kappa shape index (κ2) is 6.62. The molecule has 0 saturated carbocycles. The molecule has 3 N–H and O–H groups in total. The quantitative estimate of drug-likeness (QED) is 0.710. The molecule has 0 amide bonds. The monoisotopic (exact) mass is 237 g/mol. The summed E-state index contributed by atoms with van der Waals surface area (Å²) in [5, 5.41) is 21.8. The first-order valence-corrected chi connectivity index (χ1v) is 6.15. The summed E-state index contributed by atoms with van der Waals surface area (Å²) in [5.41, 5.74) is 3.03. The van der Waals surface area contributed by atoms with E-state index in [1.54, 1.807) is 0 Å². The first-order valence-electron chi connectivity index (χ1n) is 6.15. The number of benzene rings is 1. The van der Waals surface area contributed by atoms with Crippen molar-refractivity contribution in [1.29, 1.82) is 0 Å². The van der Waals surface area contributed by atoms with Crippen LogP contribution in [0.5, 0.6) is 5.75 Å². The highest BCUT2D eigenvalue weighted by atomic mass is 16.3. The molecule has 3 nitrogen and oxygen atoms in total. The molecule has 0 aliphatic heterocycles. The van der Waals surface area contributed by atoms with E-state index in [0.29, 0.717) is 11.7 Å². The predicted octanol–water partition coefficient (Wildman–Crippen LogP) is 2.12. The van der Waals surface area contributed by atoms with Gasteiger partial charge < -0.3 is 15.5 Å². The van der Waals surface area contributed by atoms with Crippen LogP contribution in [0.1, 0.15) is 30.0 Å². The van der Waals surface area contributed by atoms with Crippen molar-refractivity contribution < 1.29 is 10.2 Å². The van der Waals surface area contributed by atoms with Gasteiger partial charge in [0.15, 0.2) is 0 Å². The Hall–Kier alpha value is -1.06. The standard InChI is InChI=1S/C14H23NO2/c1-10(4-5-16)8-15-9-13-6-11(2)14(17)12(3)7-13/h6-7,10,15-17H,4-5,8-9H2,1-3H3. The van der Waals surface area contributed by atoms with Gasteiger partial charge in [0, 0.05) is 13.2 Å². The number of nitrogens with one attached hydrogen (secondary N) is 1. The van der Waals surface area contributed by atoms with Crippen LogP contribution in [0, 0.1) is 19.8 Å². The average molecular weight is 237 g/mol. The van der Waals surface area contributed by atoms with Crippen molar-refractivity contribution >= 4 is 0 Å². The maximum Gasteiger partial charge on any atom is 0.121 e. The van der Waals surface area contributed by atoms with Crippen LogP contribution < -0.4 is 5.32 Å². The lowest BCUT2D eigenvalue weighted by molar-refractivity contribution is 0.260. The summed E-state index contributed by atoms with van der Waals surface area (Å²) in [6, 6.07) is 4.01. The van der Waals surface area contributed by atoms with Crippen LogP contribution in [0.15, 0.2) is 12.1 Å². The molecule has 96 valence electrons. The molecule has 0 aliphatic rings. The molecule has 0 radical (unpaired) electrons. The van der Waals surface area contributed by atoms with E-state index in [2.05, 4.69) is 12.2 Å². The number of phenolic OH excluding ortho intramolecular Hbond substituents is 1. The maximum atomic E-state index is 9.67. The van der Waals surface area contributed by atoms with E-state index in [-0.39, 0.29) is 6.61 Å². The Morgan fingerprint density at radius 1 is 1.24 bits per heavy atom. The second-order valence-electron chi connectivity index (χ2n) is 4.83. The number of aromatic hydroxyl groups is 1. The molecule has 1 atom stereocenters. The van der Waals surface area contributed by atoms with Gasteiger partial charge in [-0.15, -0.1) is 0 Å². The van der Waals surface area contributed by atoms with E-state index in [9.17, 15) is 5.11 Å². The minimum absolute atomic E-state index is 0.250. The molecule has 1 unspecified atom stereocenters. The smallest absolute Gasteiger partial charge is 0.121 e. The molecule has 17 heavy (non-hydrogen) atoms. The average Bonchev–Trinajstić information content (AvgIpc) is 2.26. The third-order valence-corrected chi connectivity index (χ3v) is 2.99. The molecule has 0 spiro atoms. The molecule has 1 aromatic carbocycles. The first kappa shape index (κ1) is 14.0. The Labute approximate surface area is 103 Å². The van der Waals surface area contributed by atoms with Crippen LogP contribution in [0.3, 0.4) is 0 Å². The third kappa shape index (κ3) is 4.36. The summed E-state index contributed by atoms with van der Waals surface area (Å²) in [6.45, 7) is 7.91. The van der Waals surface area contributed by atoms with Crippen LogP contribution in [0.25, 0.3) is 0 Å². The lowest BCUT2D eigenvalue weighted by atomic mass is 10.1. The summed E-state index contributed by atoms with van der Waals surface area (Å²) in [6.07, 6.45) is 0.834. The highest BCUT2D eigenvalue weighted by Crippen LogP contribution is 2.22. The second-order valence-corrected chi connectivity index (χ2v) is 4.83. The van der Waals surface area contributed by atoms with Crippen molar-refractivity contribution in [2.45, 2.75) is 33.7 Å². The van der Waals surface area contributed by atoms with Gasteiger partial charge in [-0.3, -0.25) is 0 Å². The summed E-state index contributed by atoms with van der Waals surface area (Å²) >= 11 is 0. The van der Waals surface area contributed by atoms with Gasteiger partial charge in [0.1, 0.15) is 5.75 Å².